The molecule has 0 bridgehead atoms. The Labute approximate surface area is 212 Å². The molecule has 0 saturated heterocycles. The largest absolute Gasteiger partial charge is 0.410 e. The van der Waals surface area contributed by atoms with Gasteiger partial charge in [0.1, 0.15) is 18.2 Å². The summed E-state index contributed by atoms with van der Waals surface area (Å²) in [6.45, 7) is 14.1. The standard InChI is InChI=1S/C20H34ClN5O7PSi/c1-8-30-34(28,31-9-2)13-29-10-14(16(20(3,4)5)33-35(6)7)32-26-11-22-15-17(21)24-19(23-12-27)25-18(15)26/h11-12,14,16H,8-10,13H2,1-7H3,(H,23,24,25,27). The van der Waals surface area contributed by atoms with Gasteiger partial charge >= 0.3 is 7.60 Å². The molecule has 2 aromatic rings. The number of carbonyl (C=O) groups is 1. The van der Waals surface area contributed by atoms with Crippen molar-refractivity contribution in [1.29, 1.82) is 0 Å². The Morgan fingerprint density at radius 1 is 1.23 bits per heavy atom. The molecule has 0 saturated carbocycles. The second-order valence-electron chi connectivity index (χ2n) is 8.75. The van der Waals surface area contributed by atoms with Crippen LogP contribution in [0.1, 0.15) is 34.6 Å². The summed E-state index contributed by atoms with van der Waals surface area (Å²) in [4.78, 5) is 29.6. The molecule has 0 aromatic carbocycles. The number of rotatable bonds is 15. The molecule has 0 aliphatic carbocycles. The van der Waals surface area contributed by atoms with Crippen molar-refractivity contribution in [2.45, 2.75) is 59.9 Å². The highest BCUT2D eigenvalue weighted by Gasteiger charge is 2.37. The molecule has 35 heavy (non-hydrogen) atoms. The first-order chi connectivity index (χ1) is 16.4. The zero-order valence-electron chi connectivity index (χ0n) is 21.1. The predicted molar refractivity (Wildman–Crippen MR) is 134 cm³/mol. The number of halogens is 1. The number of hydrogen-bond acceptors (Lipinski definition) is 10. The highest BCUT2D eigenvalue weighted by atomic mass is 35.5. The van der Waals surface area contributed by atoms with Crippen LogP contribution in [0.25, 0.3) is 11.2 Å². The van der Waals surface area contributed by atoms with Crippen LogP contribution in [0.15, 0.2) is 6.33 Å². The van der Waals surface area contributed by atoms with E-state index in [1.807, 2.05) is 33.9 Å². The first-order valence-electron chi connectivity index (χ1n) is 11.1. The Kier molecular flexibility index (Phi) is 11.1. The van der Waals surface area contributed by atoms with Crippen molar-refractivity contribution in [3.05, 3.63) is 11.5 Å². The molecule has 0 fully saturated rings. The van der Waals surface area contributed by atoms with Gasteiger partial charge in [-0.1, -0.05) is 32.4 Å². The summed E-state index contributed by atoms with van der Waals surface area (Å²) in [6.07, 6.45) is 0.526. The van der Waals surface area contributed by atoms with Gasteiger partial charge in [-0.2, -0.15) is 14.7 Å². The topological polar surface area (TPSA) is 136 Å². The number of aromatic nitrogens is 4. The molecule has 1 amide bonds. The van der Waals surface area contributed by atoms with E-state index in [1.165, 1.54) is 11.1 Å². The van der Waals surface area contributed by atoms with Crippen molar-refractivity contribution in [3.63, 3.8) is 0 Å². The number of nitrogens with one attached hydrogen (secondary N) is 1. The lowest BCUT2D eigenvalue weighted by atomic mass is 9.86. The predicted octanol–water partition coefficient (Wildman–Crippen LogP) is 3.77. The van der Waals surface area contributed by atoms with Gasteiger partial charge in [-0.3, -0.25) is 14.7 Å². The Balaban J connectivity index is 2.38. The quantitative estimate of drug-likeness (QED) is 0.151. The second-order valence-corrected chi connectivity index (χ2v) is 13.2. The molecule has 2 unspecified atom stereocenters. The van der Waals surface area contributed by atoms with Gasteiger partial charge in [-0.15, -0.1) is 0 Å². The molecular weight excluding hydrogens is 517 g/mol. The van der Waals surface area contributed by atoms with Crippen molar-refractivity contribution < 1.29 is 32.4 Å². The summed E-state index contributed by atoms with van der Waals surface area (Å²) < 4.78 is 36.9. The Hall–Kier alpha value is -1.60. The molecule has 197 valence electrons. The van der Waals surface area contributed by atoms with Crippen LogP contribution in [0.2, 0.25) is 18.2 Å². The Bertz CT molecular complexity index is 1010. The monoisotopic (exact) mass is 550 g/mol. The summed E-state index contributed by atoms with van der Waals surface area (Å²) in [5.41, 5.74) is 0.205. The van der Waals surface area contributed by atoms with Crippen LogP contribution in [0.5, 0.6) is 0 Å². The summed E-state index contributed by atoms with van der Waals surface area (Å²) in [5.74, 6) is 0.00116. The molecule has 0 spiro atoms. The van der Waals surface area contributed by atoms with E-state index in [1.54, 1.807) is 13.8 Å². The van der Waals surface area contributed by atoms with Crippen LogP contribution in [-0.4, -0.2) is 73.5 Å². The smallest absolute Gasteiger partial charge is 0.356 e. The zero-order chi connectivity index (χ0) is 26.2. The fourth-order valence-electron chi connectivity index (χ4n) is 3.21. The van der Waals surface area contributed by atoms with E-state index >= 15 is 0 Å². The van der Waals surface area contributed by atoms with Gasteiger partial charge < -0.3 is 23.0 Å². The van der Waals surface area contributed by atoms with E-state index in [0.29, 0.717) is 11.9 Å². The van der Waals surface area contributed by atoms with Crippen LogP contribution < -0.4 is 10.2 Å². The molecule has 15 heteroatoms. The van der Waals surface area contributed by atoms with E-state index < -0.39 is 28.8 Å². The first kappa shape index (κ1) is 29.6. The minimum atomic E-state index is -3.42. The molecule has 0 aliphatic rings. The fourth-order valence-corrected chi connectivity index (χ4v) is 5.78. The van der Waals surface area contributed by atoms with Crippen molar-refractivity contribution >= 4 is 51.8 Å². The summed E-state index contributed by atoms with van der Waals surface area (Å²) in [6, 6.07) is 0. The number of ether oxygens (including phenoxy) is 1. The molecular formula is C20H34ClN5O7PSi. The van der Waals surface area contributed by atoms with E-state index in [9.17, 15) is 9.36 Å². The lowest BCUT2D eigenvalue weighted by Gasteiger charge is -2.37. The van der Waals surface area contributed by atoms with Crippen molar-refractivity contribution in [2.24, 2.45) is 5.41 Å². The van der Waals surface area contributed by atoms with Gasteiger partial charge in [0.15, 0.2) is 11.3 Å². The molecule has 1 radical (unpaired) electrons. The molecule has 0 aliphatic heterocycles. The molecule has 2 heterocycles. The third-order valence-corrected chi connectivity index (χ3v) is 7.29. The van der Waals surface area contributed by atoms with Crippen molar-refractivity contribution in [2.75, 3.05) is 31.5 Å². The van der Waals surface area contributed by atoms with E-state index in [-0.39, 0.29) is 48.3 Å². The lowest BCUT2D eigenvalue weighted by Crippen LogP contribution is -2.49. The van der Waals surface area contributed by atoms with Crippen LogP contribution >= 0.6 is 19.2 Å². The first-order valence-corrected chi connectivity index (χ1v) is 15.7. The summed E-state index contributed by atoms with van der Waals surface area (Å²) in [7, 11) is -4.55. The van der Waals surface area contributed by atoms with Gasteiger partial charge in [-0.05, 0) is 32.4 Å². The van der Waals surface area contributed by atoms with E-state index in [0.717, 1.165) is 0 Å². The molecule has 2 rings (SSSR count). The zero-order valence-corrected chi connectivity index (χ0v) is 23.8. The highest BCUT2D eigenvalue weighted by molar-refractivity contribution is 7.53. The number of anilines is 1. The number of imidazole rings is 1. The average molecular weight is 551 g/mol. The van der Waals surface area contributed by atoms with E-state index in [2.05, 4.69) is 20.3 Å². The van der Waals surface area contributed by atoms with Crippen LogP contribution in [-0.2, 0) is 27.6 Å². The molecule has 2 atom stereocenters. The van der Waals surface area contributed by atoms with Crippen LogP contribution in [0.4, 0.5) is 5.95 Å². The minimum Gasteiger partial charge on any atom is -0.410 e. The number of nitrogens with zero attached hydrogens (tertiary/aromatic N) is 4. The Morgan fingerprint density at radius 2 is 1.89 bits per heavy atom. The number of fused-ring (bicyclic) bond motifs is 1. The van der Waals surface area contributed by atoms with Gasteiger partial charge in [0, 0.05) is 0 Å². The average Bonchev–Trinajstić information content (AvgIpc) is 3.14. The summed E-state index contributed by atoms with van der Waals surface area (Å²) in [5, 5.41) is 2.43. The van der Waals surface area contributed by atoms with Gasteiger partial charge in [0.2, 0.25) is 27.0 Å². The van der Waals surface area contributed by atoms with Crippen LogP contribution in [0.3, 0.4) is 0 Å². The third-order valence-electron chi connectivity index (χ3n) is 4.50. The molecule has 2 aromatic heterocycles. The third kappa shape index (κ3) is 8.48. The number of carbonyl (C=O) groups excluding carboxylic acids is 1. The minimum absolute atomic E-state index is 0.00116. The maximum absolute atomic E-state index is 12.8. The molecule has 1 N–H and O–H groups in total. The number of amides is 1. The molecule has 12 nitrogen and oxygen atoms in total. The normalized spacial score (nSPS) is 14.3. The van der Waals surface area contributed by atoms with Crippen molar-refractivity contribution in [1.82, 2.24) is 19.7 Å². The SMILES string of the molecule is CCOP(=O)(COCC(On1cnc2c(Cl)nc(NC=O)nc21)C(O[Si](C)C)C(C)(C)C)OCC. The lowest BCUT2D eigenvalue weighted by molar-refractivity contribution is -0.105. The maximum atomic E-state index is 12.8. The maximum Gasteiger partial charge on any atom is 0.356 e. The fraction of sp³-hybridized carbons (Fsp3) is 0.700. The second kappa shape index (κ2) is 13.1. The highest BCUT2D eigenvalue weighted by Crippen LogP contribution is 2.47. The van der Waals surface area contributed by atoms with Gasteiger partial charge in [-0.25, -0.2) is 4.98 Å². The van der Waals surface area contributed by atoms with Crippen LogP contribution in [0, 0.1) is 5.41 Å². The number of hydrogen-bond donors (Lipinski definition) is 1. The van der Waals surface area contributed by atoms with E-state index in [4.69, 9.17) is 34.6 Å². The van der Waals surface area contributed by atoms with Gasteiger partial charge in [0.25, 0.3) is 0 Å². The van der Waals surface area contributed by atoms with Crippen molar-refractivity contribution in [3.8, 4) is 0 Å². The van der Waals surface area contributed by atoms with Gasteiger partial charge in [0.05, 0.1) is 25.9 Å². The summed E-state index contributed by atoms with van der Waals surface area (Å²) >= 11 is 6.20. The Morgan fingerprint density at radius 3 is 2.43 bits per heavy atom.